The molecule has 0 radical (unpaired) electrons. The van der Waals surface area contributed by atoms with Gasteiger partial charge in [0.15, 0.2) is 0 Å². The second-order valence-corrected chi connectivity index (χ2v) is 10.9. The number of carbonyl (C=O) groups is 2. The summed E-state index contributed by atoms with van der Waals surface area (Å²) in [5.74, 6) is 2.81. The molecule has 0 aliphatic heterocycles. The fraction of sp³-hybridized carbons (Fsp3) is 0.464. The first-order valence-electron chi connectivity index (χ1n) is 12.8. The van der Waals surface area contributed by atoms with Gasteiger partial charge in [0.2, 0.25) is 5.91 Å². The lowest BCUT2D eigenvalue weighted by Crippen LogP contribution is -2.47. The minimum absolute atomic E-state index is 0.0484. The maximum Gasteiger partial charge on any atom is 0.278 e. The summed E-state index contributed by atoms with van der Waals surface area (Å²) in [5.41, 5.74) is 1.74. The Hall–Kier alpha value is -3.19. The van der Waals surface area contributed by atoms with Gasteiger partial charge in [0.25, 0.3) is 5.91 Å². The van der Waals surface area contributed by atoms with Gasteiger partial charge in [-0.05, 0) is 86.0 Å². The largest absolute Gasteiger partial charge is 0.395 e. The molecule has 2 N–H and O–H groups in total. The van der Waals surface area contributed by atoms with Crippen LogP contribution in [-0.4, -0.2) is 39.5 Å². The number of pyridine rings is 1. The summed E-state index contributed by atoms with van der Waals surface area (Å²) in [5, 5.41) is 12.6. The Morgan fingerprint density at radius 1 is 1.00 bits per heavy atom. The molecule has 4 bridgehead atoms. The number of nitrogens with one attached hydrogen (secondary N) is 1. The topological polar surface area (TPSA) is 86.9 Å². The lowest BCUT2D eigenvalue weighted by Gasteiger charge is -2.56. The fourth-order valence-corrected chi connectivity index (χ4v) is 7.44. The lowest BCUT2D eigenvalue weighted by atomic mass is 9.49. The van der Waals surface area contributed by atoms with Gasteiger partial charge in [0.1, 0.15) is 17.2 Å². The Morgan fingerprint density at radius 3 is 2.34 bits per heavy atom. The minimum atomic E-state index is -0.292. The van der Waals surface area contributed by atoms with Gasteiger partial charge in [-0.2, -0.15) is 0 Å². The number of para-hydroxylation sites is 1. The minimum Gasteiger partial charge on any atom is -0.395 e. The number of aliphatic hydroxyl groups is 1. The third-order valence-electron chi connectivity index (χ3n) is 8.32. The maximum absolute atomic E-state index is 13.3. The van der Waals surface area contributed by atoms with Crippen LogP contribution in [-0.2, 0) is 4.79 Å². The van der Waals surface area contributed by atoms with Gasteiger partial charge < -0.3 is 15.3 Å². The Morgan fingerprint density at radius 2 is 1.69 bits per heavy atom. The number of fused-ring (bicyclic) bond motifs is 1. The van der Waals surface area contributed by atoms with Gasteiger partial charge in [-0.15, -0.1) is 0 Å². The molecule has 2 aromatic heterocycles. The molecule has 4 aliphatic rings. The highest BCUT2D eigenvalue weighted by Crippen LogP contribution is 2.61. The van der Waals surface area contributed by atoms with E-state index in [1.54, 1.807) is 10.6 Å². The average Bonchev–Trinajstić information content (AvgIpc) is 3.27. The summed E-state index contributed by atoms with van der Waals surface area (Å²) in [6.45, 7) is 0.0189. The molecule has 0 unspecified atom stereocenters. The van der Waals surface area contributed by atoms with Crippen molar-refractivity contribution in [2.45, 2.75) is 44.9 Å². The number of rotatable bonds is 7. The van der Waals surface area contributed by atoms with Crippen molar-refractivity contribution in [3.63, 3.8) is 0 Å². The molecule has 182 valence electrons. The number of anilines is 2. The van der Waals surface area contributed by atoms with E-state index in [4.69, 9.17) is 0 Å². The number of nitrogens with zero attached hydrogens (tertiary/aromatic N) is 3. The molecule has 7 heteroatoms. The summed E-state index contributed by atoms with van der Waals surface area (Å²) >= 11 is 0. The van der Waals surface area contributed by atoms with E-state index < -0.39 is 0 Å². The molecule has 7 nitrogen and oxygen atoms in total. The number of carbonyl (C=O) groups excluding carboxylic acids is 2. The average molecular weight is 473 g/mol. The number of imidazole rings is 1. The van der Waals surface area contributed by atoms with Crippen LogP contribution in [0.4, 0.5) is 11.5 Å². The van der Waals surface area contributed by atoms with E-state index >= 15 is 0 Å². The molecule has 0 atom stereocenters. The molecule has 4 saturated carbocycles. The van der Waals surface area contributed by atoms with Crippen LogP contribution in [0.1, 0.15) is 55.4 Å². The maximum atomic E-state index is 13.3. The highest BCUT2D eigenvalue weighted by molar-refractivity contribution is 6.05. The van der Waals surface area contributed by atoms with E-state index in [0.717, 1.165) is 17.8 Å². The van der Waals surface area contributed by atoms with Crippen LogP contribution in [0.5, 0.6) is 0 Å². The van der Waals surface area contributed by atoms with Gasteiger partial charge in [0, 0.05) is 24.8 Å². The van der Waals surface area contributed by atoms with E-state index in [2.05, 4.69) is 10.3 Å². The van der Waals surface area contributed by atoms with E-state index in [1.807, 2.05) is 48.5 Å². The number of amides is 2. The van der Waals surface area contributed by atoms with E-state index in [9.17, 15) is 14.7 Å². The van der Waals surface area contributed by atoms with Gasteiger partial charge >= 0.3 is 0 Å². The molecular weight excluding hydrogens is 440 g/mol. The van der Waals surface area contributed by atoms with Crippen LogP contribution in [0, 0.1) is 23.2 Å². The monoisotopic (exact) mass is 472 g/mol. The number of hydrogen-bond acceptors (Lipinski definition) is 4. The van der Waals surface area contributed by atoms with Crippen LogP contribution < -0.4 is 10.2 Å². The van der Waals surface area contributed by atoms with Crippen molar-refractivity contribution in [2.24, 2.45) is 23.2 Å². The number of aliphatic hydroxyl groups excluding tert-OH is 1. The third kappa shape index (κ3) is 4.22. The Kier molecular flexibility index (Phi) is 5.60. The molecule has 4 fully saturated rings. The zero-order chi connectivity index (χ0) is 24.0. The predicted molar refractivity (Wildman–Crippen MR) is 134 cm³/mol. The van der Waals surface area contributed by atoms with Crippen molar-refractivity contribution in [1.29, 1.82) is 0 Å². The Labute approximate surface area is 205 Å². The van der Waals surface area contributed by atoms with Crippen molar-refractivity contribution < 1.29 is 14.7 Å². The van der Waals surface area contributed by atoms with E-state index in [1.165, 1.54) is 43.4 Å². The molecule has 4 aliphatic carbocycles. The molecule has 0 spiro atoms. The summed E-state index contributed by atoms with van der Waals surface area (Å²) in [6, 6.07) is 14.8. The first-order valence-corrected chi connectivity index (χ1v) is 12.8. The van der Waals surface area contributed by atoms with Gasteiger partial charge in [0.05, 0.1) is 6.61 Å². The summed E-state index contributed by atoms with van der Waals surface area (Å²) < 4.78 is 1.77. The predicted octanol–water partition coefficient (Wildman–Crippen LogP) is 4.52. The number of aromatic nitrogens is 2. The van der Waals surface area contributed by atoms with Crippen LogP contribution in [0.15, 0.2) is 54.7 Å². The first kappa shape index (κ1) is 22.3. The lowest BCUT2D eigenvalue weighted by molar-refractivity contribution is -0.124. The van der Waals surface area contributed by atoms with Crippen LogP contribution in [0.3, 0.4) is 0 Å². The molecule has 3 aromatic rings. The third-order valence-corrected chi connectivity index (χ3v) is 8.32. The van der Waals surface area contributed by atoms with Crippen molar-refractivity contribution in [3.05, 3.63) is 60.4 Å². The van der Waals surface area contributed by atoms with Crippen LogP contribution in [0.25, 0.3) is 5.65 Å². The quantitative estimate of drug-likeness (QED) is 0.529. The van der Waals surface area contributed by atoms with E-state index in [-0.39, 0.29) is 36.1 Å². The van der Waals surface area contributed by atoms with Crippen LogP contribution >= 0.6 is 0 Å². The van der Waals surface area contributed by atoms with Gasteiger partial charge in [-0.1, -0.05) is 24.3 Å². The smallest absolute Gasteiger partial charge is 0.278 e. The summed E-state index contributed by atoms with van der Waals surface area (Å²) in [4.78, 5) is 32.6. The zero-order valence-electron chi connectivity index (χ0n) is 19.9. The molecular formula is C28H32N4O3. The van der Waals surface area contributed by atoms with Crippen molar-refractivity contribution >= 4 is 29.0 Å². The Bertz CT molecular complexity index is 1220. The SMILES string of the molecule is O=C(CC12CC3CC(CC(C3)C1)C2)Nc1cccc2nc(C(=O)N(CCO)c3ccccc3)cn12. The second-order valence-electron chi connectivity index (χ2n) is 10.9. The molecule has 7 rings (SSSR count). The summed E-state index contributed by atoms with van der Waals surface area (Å²) in [6.07, 6.45) is 9.92. The van der Waals surface area contributed by atoms with Crippen molar-refractivity contribution in [3.8, 4) is 0 Å². The van der Waals surface area contributed by atoms with Crippen molar-refractivity contribution in [2.75, 3.05) is 23.4 Å². The molecule has 0 saturated heterocycles. The second kappa shape index (κ2) is 8.79. The van der Waals surface area contributed by atoms with E-state index in [0.29, 0.717) is 23.6 Å². The highest BCUT2D eigenvalue weighted by atomic mass is 16.3. The molecule has 1 aromatic carbocycles. The van der Waals surface area contributed by atoms with Crippen molar-refractivity contribution in [1.82, 2.24) is 9.38 Å². The first-order chi connectivity index (χ1) is 17.0. The standard InChI is InChI=1S/C28H32N4O3/c33-10-9-31(22-5-2-1-3-6-22)27(35)23-18-32-24(29-23)7-4-8-25(32)30-26(34)17-28-14-19-11-20(15-28)13-21(12-19)16-28/h1-8,18-21,33H,9-17H2,(H,30,34). The van der Waals surface area contributed by atoms with Gasteiger partial charge in [-0.3, -0.25) is 14.0 Å². The fourth-order valence-electron chi connectivity index (χ4n) is 7.44. The number of hydrogen-bond donors (Lipinski definition) is 2. The molecule has 35 heavy (non-hydrogen) atoms. The highest BCUT2D eigenvalue weighted by Gasteiger charge is 2.51. The normalized spacial score (nSPS) is 26.7. The van der Waals surface area contributed by atoms with Crippen LogP contribution in [0.2, 0.25) is 0 Å². The molecule has 2 amide bonds. The zero-order valence-corrected chi connectivity index (χ0v) is 19.9. The molecule has 2 heterocycles. The number of benzene rings is 1. The Balaban J connectivity index is 1.22. The van der Waals surface area contributed by atoms with Gasteiger partial charge in [-0.25, -0.2) is 4.98 Å². The summed E-state index contributed by atoms with van der Waals surface area (Å²) in [7, 11) is 0.